The number of rotatable bonds is 4. The first-order valence-electron chi connectivity index (χ1n) is 4.67. The lowest BCUT2D eigenvalue weighted by Crippen LogP contribution is -2.01. The van der Waals surface area contributed by atoms with Gasteiger partial charge in [-0.2, -0.15) is 0 Å². The fourth-order valence-electron chi connectivity index (χ4n) is 1.28. The molecule has 4 heteroatoms. The van der Waals surface area contributed by atoms with E-state index in [-0.39, 0.29) is 5.78 Å². The molecule has 15 heavy (non-hydrogen) atoms. The molecule has 0 aromatic carbocycles. The van der Waals surface area contributed by atoms with Gasteiger partial charge in [-0.15, -0.1) is 0 Å². The molecule has 0 bridgehead atoms. The van der Waals surface area contributed by atoms with Crippen LogP contribution in [0.1, 0.15) is 22.5 Å². The number of Topliss-reactive ketones (excluding diaryl/α,β-unsaturated/α-hetero) is 1. The molecule has 0 aliphatic heterocycles. The minimum Gasteiger partial charge on any atom is -0.469 e. The first-order chi connectivity index (χ1) is 7.36. The summed E-state index contributed by atoms with van der Waals surface area (Å²) in [7, 11) is 0. The second kappa shape index (κ2) is 4.50. The van der Waals surface area contributed by atoms with Gasteiger partial charge < -0.3 is 4.42 Å². The van der Waals surface area contributed by atoms with Crippen LogP contribution in [0, 0.1) is 0 Å². The lowest BCUT2D eigenvalue weighted by Gasteiger charge is -1.97. The SMILES string of the molecule is O=C(CCc1ccco1)c1cncnc1. The van der Waals surface area contributed by atoms with Crippen LogP contribution in [0.4, 0.5) is 0 Å². The Morgan fingerprint density at radius 2 is 2.13 bits per heavy atom. The maximum Gasteiger partial charge on any atom is 0.166 e. The third-order valence-electron chi connectivity index (χ3n) is 2.06. The van der Waals surface area contributed by atoms with Gasteiger partial charge in [-0.3, -0.25) is 4.79 Å². The highest BCUT2D eigenvalue weighted by Crippen LogP contribution is 2.07. The normalized spacial score (nSPS) is 10.1. The van der Waals surface area contributed by atoms with Gasteiger partial charge >= 0.3 is 0 Å². The molecule has 0 radical (unpaired) electrons. The van der Waals surface area contributed by atoms with Gasteiger partial charge in [0.2, 0.25) is 0 Å². The Bertz CT molecular complexity index is 423. The number of hydrogen-bond donors (Lipinski definition) is 0. The molecule has 0 spiro atoms. The van der Waals surface area contributed by atoms with Crippen LogP contribution in [0.3, 0.4) is 0 Å². The summed E-state index contributed by atoms with van der Waals surface area (Å²) in [5.74, 6) is 0.854. The zero-order valence-corrected chi connectivity index (χ0v) is 8.09. The van der Waals surface area contributed by atoms with E-state index >= 15 is 0 Å². The number of aryl methyl sites for hydroxylation is 1. The Labute approximate surface area is 87.0 Å². The van der Waals surface area contributed by atoms with Gasteiger partial charge in [0.25, 0.3) is 0 Å². The molecule has 0 saturated carbocycles. The molecule has 0 unspecified atom stereocenters. The summed E-state index contributed by atoms with van der Waals surface area (Å²) >= 11 is 0. The standard InChI is InChI=1S/C11H10N2O2/c14-11(9-6-12-8-13-7-9)4-3-10-2-1-5-15-10/h1-2,5-8H,3-4H2. The van der Waals surface area contributed by atoms with Crippen molar-refractivity contribution in [2.24, 2.45) is 0 Å². The molecule has 2 aromatic rings. The molecule has 2 rings (SSSR count). The first kappa shape index (κ1) is 9.58. The van der Waals surface area contributed by atoms with Crippen molar-refractivity contribution in [1.82, 2.24) is 9.97 Å². The second-order valence-corrected chi connectivity index (χ2v) is 3.13. The largest absolute Gasteiger partial charge is 0.469 e. The van der Waals surface area contributed by atoms with Gasteiger partial charge in [-0.1, -0.05) is 0 Å². The minimum absolute atomic E-state index is 0.0343. The van der Waals surface area contributed by atoms with E-state index < -0.39 is 0 Å². The molecular formula is C11H10N2O2. The first-order valence-corrected chi connectivity index (χ1v) is 4.67. The zero-order valence-electron chi connectivity index (χ0n) is 8.09. The molecule has 0 N–H and O–H groups in total. The quantitative estimate of drug-likeness (QED) is 0.710. The number of hydrogen-bond acceptors (Lipinski definition) is 4. The van der Waals surface area contributed by atoms with Gasteiger partial charge in [-0.25, -0.2) is 9.97 Å². The van der Waals surface area contributed by atoms with E-state index in [4.69, 9.17) is 4.42 Å². The Morgan fingerprint density at radius 3 is 2.80 bits per heavy atom. The number of carbonyl (C=O) groups is 1. The molecule has 0 saturated heterocycles. The highest BCUT2D eigenvalue weighted by atomic mass is 16.3. The van der Waals surface area contributed by atoms with E-state index in [0.717, 1.165) is 5.76 Å². The summed E-state index contributed by atoms with van der Waals surface area (Å²) in [5.41, 5.74) is 0.545. The Kier molecular flexibility index (Phi) is 2.88. The predicted octanol–water partition coefficient (Wildman–Crippen LogP) is 1.89. The van der Waals surface area contributed by atoms with Crippen LogP contribution in [-0.4, -0.2) is 15.8 Å². The lowest BCUT2D eigenvalue weighted by molar-refractivity contribution is 0.0980. The van der Waals surface area contributed by atoms with Crippen LogP contribution in [0.25, 0.3) is 0 Å². The Morgan fingerprint density at radius 1 is 1.33 bits per heavy atom. The molecule has 76 valence electrons. The van der Waals surface area contributed by atoms with Crippen molar-refractivity contribution in [2.45, 2.75) is 12.8 Å². The van der Waals surface area contributed by atoms with E-state index in [1.807, 2.05) is 12.1 Å². The molecule has 0 atom stereocenters. The van der Waals surface area contributed by atoms with Crippen molar-refractivity contribution in [2.75, 3.05) is 0 Å². The summed E-state index contributed by atoms with van der Waals surface area (Å²) in [6.07, 6.45) is 7.09. The fraction of sp³-hybridized carbons (Fsp3) is 0.182. The fourth-order valence-corrected chi connectivity index (χ4v) is 1.28. The molecule has 0 amide bonds. The van der Waals surface area contributed by atoms with Gasteiger partial charge in [0.05, 0.1) is 11.8 Å². The van der Waals surface area contributed by atoms with Crippen molar-refractivity contribution >= 4 is 5.78 Å². The van der Waals surface area contributed by atoms with Gasteiger partial charge in [-0.05, 0) is 12.1 Å². The van der Waals surface area contributed by atoms with Crippen LogP contribution in [-0.2, 0) is 6.42 Å². The Balaban J connectivity index is 1.94. The number of carbonyl (C=O) groups excluding carboxylic acids is 1. The maximum absolute atomic E-state index is 11.6. The lowest BCUT2D eigenvalue weighted by atomic mass is 10.1. The van der Waals surface area contributed by atoms with Crippen LogP contribution in [0.2, 0.25) is 0 Å². The van der Waals surface area contributed by atoms with Gasteiger partial charge in [0, 0.05) is 25.2 Å². The third kappa shape index (κ3) is 2.49. The minimum atomic E-state index is 0.0343. The highest BCUT2D eigenvalue weighted by Gasteiger charge is 2.07. The van der Waals surface area contributed by atoms with E-state index in [2.05, 4.69) is 9.97 Å². The van der Waals surface area contributed by atoms with Crippen LogP contribution >= 0.6 is 0 Å². The summed E-state index contributed by atoms with van der Waals surface area (Å²) in [4.78, 5) is 19.2. The van der Waals surface area contributed by atoms with Crippen molar-refractivity contribution in [3.63, 3.8) is 0 Å². The summed E-state index contributed by atoms with van der Waals surface area (Å²) in [6, 6.07) is 3.67. The monoisotopic (exact) mass is 202 g/mol. The van der Waals surface area contributed by atoms with Crippen molar-refractivity contribution in [3.8, 4) is 0 Å². The number of aromatic nitrogens is 2. The number of nitrogens with zero attached hydrogens (tertiary/aromatic N) is 2. The number of ketones is 1. The van der Waals surface area contributed by atoms with Crippen molar-refractivity contribution in [3.05, 3.63) is 48.4 Å². The second-order valence-electron chi connectivity index (χ2n) is 3.13. The van der Waals surface area contributed by atoms with Gasteiger partial charge in [0.15, 0.2) is 5.78 Å². The zero-order chi connectivity index (χ0) is 10.5. The molecule has 2 heterocycles. The maximum atomic E-state index is 11.6. The van der Waals surface area contributed by atoms with Crippen LogP contribution < -0.4 is 0 Å². The highest BCUT2D eigenvalue weighted by molar-refractivity contribution is 5.95. The topological polar surface area (TPSA) is 56.0 Å². The molecule has 2 aromatic heterocycles. The average Bonchev–Trinajstić information content (AvgIpc) is 2.80. The van der Waals surface area contributed by atoms with E-state index in [1.165, 1.54) is 18.7 Å². The summed E-state index contributed by atoms with van der Waals surface area (Å²) in [5, 5.41) is 0. The van der Waals surface area contributed by atoms with Crippen molar-refractivity contribution in [1.29, 1.82) is 0 Å². The molecule has 0 fully saturated rings. The number of furan rings is 1. The Hall–Kier alpha value is -1.97. The summed E-state index contributed by atoms with van der Waals surface area (Å²) in [6.45, 7) is 0. The third-order valence-corrected chi connectivity index (χ3v) is 2.06. The smallest absolute Gasteiger partial charge is 0.166 e. The summed E-state index contributed by atoms with van der Waals surface area (Å²) < 4.78 is 5.14. The predicted molar refractivity (Wildman–Crippen MR) is 53.4 cm³/mol. The van der Waals surface area contributed by atoms with Crippen molar-refractivity contribution < 1.29 is 9.21 Å². The van der Waals surface area contributed by atoms with E-state index in [0.29, 0.717) is 18.4 Å². The molecule has 0 aliphatic rings. The molecule has 4 nitrogen and oxygen atoms in total. The average molecular weight is 202 g/mol. The molecule has 0 aliphatic carbocycles. The van der Waals surface area contributed by atoms with Crippen LogP contribution in [0.5, 0.6) is 0 Å². The molecular weight excluding hydrogens is 192 g/mol. The van der Waals surface area contributed by atoms with Crippen LogP contribution in [0.15, 0.2) is 41.5 Å². The van der Waals surface area contributed by atoms with E-state index in [9.17, 15) is 4.79 Å². The van der Waals surface area contributed by atoms with E-state index in [1.54, 1.807) is 6.26 Å². The van der Waals surface area contributed by atoms with Gasteiger partial charge in [0.1, 0.15) is 12.1 Å².